The molecule has 2 aliphatic rings. The lowest BCUT2D eigenvalue weighted by Gasteiger charge is -2.53. The smallest absolute Gasteiger partial charge is 0.222 e. The molecule has 3 rings (SSSR count). The molecule has 4 nitrogen and oxygen atoms in total. The molecule has 0 aromatic heterocycles. The summed E-state index contributed by atoms with van der Waals surface area (Å²) in [5.74, 6) is 0.975. The minimum atomic E-state index is -0.163. The maximum absolute atomic E-state index is 12.8. The van der Waals surface area contributed by atoms with Gasteiger partial charge in [-0.3, -0.25) is 9.69 Å². The number of nitrogens with zero attached hydrogens (tertiary/aromatic N) is 2. The van der Waals surface area contributed by atoms with Crippen LogP contribution in [-0.2, 0) is 10.3 Å². The highest BCUT2D eigenvalue weighted by Crippen LogP contribution is 2.47. The van der Waals surface area contributed by atoms with Crippen molar-refractivity contribution in [2.45, 2.75) is 62.9 Å². The third-order valence-electron chi connectivity index (χ3n) is 6.87. The van der Waals surface area contributed by atoms with Crippen LogP contribution in [0.5, 0.6) is 0 Å². The van der Waals surface area contributed by atoms with Gasteiger partial charge in [0.15, 0.2) is 0 Å². The fraction of sp³-hybridized carbons (Fsp3) is 0.682. The minimum absolute atomic E-state index is 0.0421. The summed E-state index contributed by atoms with van der Waals surface area (Å²) in [5, 5.41) is 0. The highest BCUT2D eigenvalue weighted by molar-refractivity contribution is 5.77. The molecule has 26 heavy (non-hydrogen) atoms. The van der Waals surface area contributed by atoms with Gasteiger partial charge in [0.1, 0.15) is 0 Å². The lowest BCUT2D eigenvalue weighted by molar-refractivity contribution is -0.140. The number of carbonyl (C=O) groups is 1. The maximum atomic E-state index is 12.8. The van der Waals surface area contributed by atoms with Crippen molar-refractivity contribution in [3.05, 3.63) is 35.9 Å². The van der Waals surface area contributed by atoms with Gasteiger partial charge in [0.05, 0.1) is 5.54 Å². The summed E-state index contributed by atoms with van der Waals surface area (Å²) in [7, 11) is 4.36. The van der Waals surface area contributed by atoms with Gasteiger partial charge in [-0.2, -0.15) is 0 Å². The molecule has 0 unspecified atom stereocenters. The molecule has 144 valence electrons. The van der Waals surface area contributed by atoms with Crippen molar-refractivity contribution in [3.8, 4) is 0 Å². The van der Waals surface area contributed by atoms with Crippen LogP contribution in [-0.4, -0.2) is 48.4 Å². The van der Waals surface area contributed by atoms with Crippen molar-refractivity contribution < 1.29 is 4.79 Å². The van der Waals surface area contributed by atoms with Crippen molar-refractivity contribution >= 4 is 5.91 Å². The number of rotatable bonds is 7. The van der Waals surface area contributed by atoms with Gasteiger partial charge in [-0.15, -0.1) is 0 Å². The Balaban J connectivity index is 1.85. The van der Waals surface area contributed by atoms with E-state index in [0.717, 1.165) is 32.2 Å². The Kier molecular flexibility index (Phi) is 5.73. The molecule has 0 radical (unpaired) electrons. The van der Waals surface area contributed by atoms with Crippen LogP contribution in [0.4, 0.5) is 0 Å². The first-order chi connectivity index (χ1) is 12.5. The summed E-state index contributed by atoms with van der Waals surface area (Å²) in [4.78, 5) is 17.3. The van der Waals surface area contributed by atoms with E-state index in [2.05, 4.69) is 54.2 Å². The molecule has 0 atom stereocenters. The fourth-order valence-corrected chi connectivity index (χ4v) is 4.77. The molecule has 1 amide bonds. The summed E-state index contributed by atoms with van der Waals surface area (Å²) in [6.07, 6.45) is 7.15. The highest BCUT2D eigenvalue weighted by Gasteiger charge is 2.48. The molecule has 2 aliphatic carbocycles. The highest BCUT2D eigenvalue weighted by atomic mass is 16.2. The van der Waals surface area contributed by atoms with Crippen LogP contribution < -0.4 is 5.73 Å². The second-order valence-electron chi connectivity index (χ2n) is 8.52. The number of nitrogens with two attached hydrogens (primary N) is 1. The van der Waals surface area contributed by atoms with Crippen LogP contribution in [0.3, 0.4) is 0 Å². The van der Waals surface area contributed by atoms with E-state index in [-0.39, 0.29) is 17.0 Å². The van der Waals surface area contributed by atoms with Crippen LogP contribution in [0.25, 0.3) is 0 Å². The summed E-state index contributed by atoms with van der Waals surface area (Å²) < 4.78 is 0. The van der Waals surface area contributed by atoms with Crippen molar-refractivity contribution in [2.24, 2.45) is 11.7 Å². The number of hydrogen-bond donors (Lipinski definition) is 1. The normalized spacial score (nSPS) is 29.0. The quantitative estimate of drug-likeness (QED) is 0.814. The second-order valence-corrected chi connectivity index (χ2v) is 8.52. The Morgan fingerprint density at radius 2 is 1.73 bits per heavy atom. The SMILES string of the molecule is CCC(=O)N(CC1CC1)[C@]1(CN)CC[C@](c2ccccc2)(N(C)C)CC1. The van der Waals surface area contributed by atoms with E-state index in [1.807, 2.05) is 6.92 Å². The molecule has 2 N–H and O–H groups in total. The lowest BCUT2D eigenvalue weighted by Crippen LogP contribution is -2.61. The standard InChI is InChI=1S/C22H35N3O/c1-4-20(26)25(16-18-10-11-18)21(17-23)12-14-22(15-13-21,24(2)3)19-8-6-5-7-9-19/h5-9,18H,4,10-17,23H2,1-3H3/t21-,22+. The molecule has 2 fully saturated rings. The van der Waals surface area contributed by atoms with Gasteiger partial charge in [-0.1, -0.05) is 37.3 Å². The largest absolute Gasteiger partial charge is 0.335 e. The summed E-state index contributed by atoms with van der Waals surface area (Å²) in [5.41, 5.74) is 7.58. The fourth-order valence-electron chi connectivity index (χ4n) is 4.77. The van der Waals surface area contributed by atoms with Gasteiger partial charge < -0.3 is 10.6 Å². The molecule has 4 heteroatoms. The zero-order valence-electron chi connectivity index (χ0n) is 16.7. The van der Waals surface area contributed by atoms with E-state index >= 15 is 0 Å². The predicted molar refractivity (Wildman–Crippen MR) is 107 cm³/mol. The molecule has 2 saturated carbocycles. The topological polar surface area (TPSA) is 49.6 Å². The van der Waals surface area contributed by atoms with Crippen molar-refractivity contribution in [2.75, 3.05) is 27.2 Å². The number of amides is 1. The molecule has 0 aliphatic heterocycles. The van der Waals surface area contributed by atoms with E-state index in [4.69, 9.17) is 5.73 Å². The monoisotopic (exact) mass is 357 g/mol. The average molecular weight is 358 g/mol. The van der Waals surface area contributed by atoms with Gasteiger partial charge in [-0.05, 0) is 64.1 Å². The molecule has 0 spiro atoms. The Morgan fingerprint density at radius 3 is 2.19 bits per heavy atom. The summed E-state index contributed by atoms with van der Waals surface area (Å²) in [6.45, 7) is 3.46. The van der Waals surface area contributed by atoms with Crippen molar-refractivity contribution in [1.82, 2.24) is 9.80 Å². The molecule has 0 heterocycles. The first kappa shape index (κ1) is 19.4. The summed E-state index contributed by atoms with van der Waals surface area (Å²) >= 11 is 0. The summed E-state index contributed by atoms with van der Waals surface area (Å²) in [6, 6.07) is 10.8. The molecule has 0 saturated heterocycles. The molecular weight excluding hydrogens is 322 g/mol. The van der Waals surface area contributed by atoms with E-state index in [9.17, 15) is 4.79 Å². The van der Waals surface area contributed by atoms with Crippen LogP contribution in [0.2, 0.25) is 0 Å². The number of benzene rings is 1. The van der Waals surface area contributed by atoms with Gasteiger partial charge in [0.25, 0.3) is 0 Å². The van der Waals surface area contributed by atoms with Gasteiger partial charge >= 0.3 is 0 Å². The van der Waals surface area contributed by atoms with E-state index in [0.29, 0.717) is 18.9 Å². The average Bonchev–Trinajstić information content (AvgIpc) is 3.50. The zero-order valence-corrected chi connectivity index (χ0v) is 16.7. The zero-order chi connectivity index (χ0) is 18.8. The van der Waals surface area contributed by atoms with E-state index in [1.54, 1.807) is 0 Å². The third-order valence-corrected chi connectivity index (χ3v) is 6.87. The minimum Gasteiger partial charge on any atom is -0.335 e. The van der Waals surface area contributed by atoms with Crippen LogP contribution in [0.15, 0.2) is 30.3 Å². The van der Waals surface area contributed by atoms with E-state index in [1.165, 1.54) is 18.4 Å². The first-order valence-corrected chi connectivity index (χ1v) is 10.2. The van der Waals surface area contributed by atoms with Crippen LogP contribution >= 0.6 is 0 Å². The maximum Gasteiger partial charge on any atom is 0.222 e. The van der Waals surface area contributed by atoms with Crippen LogP contribution in [0.1, 0.15) is 57.4 Å². The Labute approximate surface area is 158 Å². The molecular formula is C22H35N3O. The first-order valence-electron chi connectivity index (χ1n) is 10.2. The van der Waals surface area contributed by atoms with Crippen molar-refractivity contribution in [1.29, 1.82) is 0 Å². The van der Waals surface area contributed by atoms with Crippen molar-refractivity contribution in [3.63, 3.8) is 0 Å². The Bertz CT molecular complexity index is 601. The van der Waals surface area contributed by atoms with Gasteiger partial charge in [-0.25, -0.2) is 0 Å². The van der Waals surface area contributed by atoms with Crippen LogP contribution in [0, 0.1) is 5.92 Å². The van der Waals surface area contributed by atoms with Gasteiger partial charge in [0.2, 0.25) is 5.91 Å². The molecule has 1 aromatic carbocycles. The number of carbonyl (C=O) groups excluding carboxylic acids is 1. The third kappa shape index (κ3) is 3.54. The number of hydrogen-bond acceptors (Lipinski definition) is 3. The molecule has 0 bridgehead atoms. The predicted octanol–water partition coefficient (Wildman–Crippen LogP) is 3.36. The molecule has 1 aromatic rings. The van der Waals surface area contributed by atoms with Gasteiger partial charge in [0, 0.05) is 25.0 Å². The Morgan fingerprint density at radius 1 is 1.12 bits per heavy atom. The second kappa shape index (κ2) is 7.69. The Hall–Kier alpha value is -1.39. The van der Waals surface area contributed by atoms with E-state index < -0.39 is 0 Å². The lowest BCUT2D eigenvalue weighted by atomic mass is 9.67.